The van der Waals surface area contributed by atoms with Gasteiger partial charge < -0.3 is 5.32 Å². The Hall–Kier alpha value is -2.99. The lowest BCUT2D eigenvalue weighted by Gasteiger charge is -2.32. The first kappa shape index (κ1) is 21.2. The van der Waals surface area contributed by atoms with Crippen LogP contribution in [0.1, 0.15) is 69.2 Å². The molecule has 0 aliphatic carbocycles. The Morgan fingerprint density at radius 3 is 2.42 bits per heavy atom. The highest BCUT2D eigenvalue weighted by atomic mass is 16.2. The molecule has 6 nitrogen and oxygen atoms in total. The van der Waals surface area contributed by atoms with E-state index in [-0.39, 0.29) is 23.8 Å². The number of carbonyl (C=O) groups is 3. The average Bonchev–Trinajstić information content (AvgIpc) is 3.03. The van der Waals surface area contributed by atoms with E-state index in [1.165, 1.54) is 10.5 Å². The van der Waals surface area contributed by atoms with Gasteiger partial charge in [-0.05, 0) is 43.0 Å². The molecule has 6 heteroatoms. The van der Waals surface area contributed by atoms with Crippen molar-refractivity contribution in [2.75, 3.05) is 19.6 Å². The molecule has 1 saturated heterocycles. The van der Waals surface area contributed by atoms with Crippen molar-refractivity contribution in [2.24, 2.45) is 0 Å². The summed E-state index contributed by atoms with van der Waals surface area (Å²) in [7, 11) is 0. The van der Waals surface area contributed by atoms with E-state index in [9.17, 15) is 14.4 Å². The Labute approximate surface area is 183 Å². The molecule has 4 rings (SSSR count). The number of unbranched alkanes of at least 4 members (excludes halogenated alkanes) is 1. The summed E-state index contributed by atoms with van der Waals surface area (Å²) < 4.78 is 0. The van der Waals surface area contributed by atoms with Gasteiger partial charge in [0.15, 0.2) is 0 Å². The number of likely N-dealkylation sites (tertiary alicyclic amines) is 1. The molecule has 0 spiro atoms. The lowest BCUT2D eigenvalue weighted by atomic mass is 10.0. The maximum atomic E-state index is 12.8. The Morgan fingerprint density at radius 2 is 1.71 bits per heavy atom. The fourth-order valence-electron chi connectivity index (χ4n) is 4.30. The molecule has 0 saturated carbocycles. The van der Waals surface area contributed by atoms with Crippen LogP contribution in [-0.2, 0) is 6.54 Å². The molecule has 2 heterocycles. The summed E-state index contributed by atoms with van der Waals surface area (Å²) in [6.45, 7) is 5.24. The first-order chi connectivity index (χ1) is 15.1. The van der Waals surface area contributed by atoms with E-state index in [1.807, 2.05) is 13.0 Å². The first-order valence-electron chi connectivity index (χ1n) is 11.1. The van der Waals surface area contributed by atoms with Gasteiger partial charge in [0, 0.05) is 37.8 Å². The fourth-order valence-corrected chi connectivity index (χ4v) is 4.30. The molecular formula is C25H29N3O3. The van der Waals surface area contributed by atoms with Gasteiger partial charge in [0.2, 0.25) is 0 Å². The predicted molar refractivity (Wildman–Crippen MR) is 119 cm³/mol. The van der Waals surface area contributed by atoms with Crippen molar-refractivity contribution < 1.29 is 14.4 Å². The Kier molecular flexibility index (Phi) is 6.47. The van der Waals surface area contributed by atoms with Gasteiger partial charge in [-0.2, -0.15) is 0 Å². The van der Waals surface area contributed by atoms with Crippen molar-refractivity contribution in [1.29, 1.82) is 0 Å². The number of nitrogens with one attached hydrogen (secondary N) is 1. The van der Waals surface area contributed by atoms with Crippen molar-refractivity contribution in [3.05, 3.63) is 70.8 Å². The van der Waals surface area contributed by atoms with Crippen LogP contribution in [0.3, 0.4) is 0 Å². The molecule has 2 aliphatic heterocycles. The second-order valence-corrected chi connectivity index (χ2v) is 8.39. The van der Waals surface area contributed by atoms with Crippen molar-refractivity contribution in [2.45, 2.75) is 45.2 Å². The van der Waals surface area contributed by atoms with Crippen LogP contribution in [0.15, 0.2) is 48.5 Å². The Balaban J connectivity index is 1.34. The van der Waals surface area contributed by atoms with E-state index in [0.717, 1.165) is 45.3 Å². The van der Waals surface area contributed by atoms with E-state index < -0.39 is 0 Å². The number of hydrogen-bond donors (Lipinski definition) is 1. The van der Waals surface area contributed by atoms with Crippen LogP contribution in [0.5, 0.6) is 0 Å². The molecule has 0 bridgehead atoms. The molecule has 2 aliphatic rings. The third-order valence-corrected chi connectivity index (χ3v) is 6.14. The molecule has 162 valence electrons. The van der Waals surface area contributed by atoms with Gasteiger partial charge in [0.05, 0.1) is 11.1 Å². The second kappa shape index (κ2) is 9.43. The number of benzene rings is 2. The highest BCUT2D eigenvalue weighted by Gasteiger charge is 2.35. The summed E-state index contributed by atoms with van der Waals surface area (Å²) in [6.07, 6.45) is 3.48. The molecule has 2 aromatic carbocycles. The van der Waals surface area contributed by atoms with E-state index >= 15 is 0 Å². The maximum Gasteiger partial charge on any atom is 0.261 e. The number of rotatable bonds is 7. The average molecular weight is 420 g/mol. The van der Waals surface area contributed by atoms with Gasteiger partial charge in [-0.3, -0.25) is 24.2 Å². The van der Waals surface area contributed by atoms with Crippen LogP contribution >= 0.6 is 0 Å². The SMILES string of the molecule is CCCCN1C(=O)c2ccc(C(=O)NC3CCN(Cc4ccccc4)CC3)cc2C1=O. The molecule has 0 aromatic heterocycles. The zero-order valence-electron chi connectivity index (χ0n) is 18.0. The van der Waals surface area contributed by atoms with Gasteiger partial charge in [0.1, 0.15) is 0 Å². The Morgan fingerprint density at radius 1 is 1.00 bits per heavy atom. The molecule has 1 N–H and O–H groups in total. The quantitative estimate of drug-likeness (QED) is 0.698. The number of imide groups is 1. The van der Waals surface area contributed by atoms with Gasteiger partial charge in [-0.25, -0.2) is 0 Å². The van der Waals surface area contributed by atoms with E-state index in [2.05, 4.69) is 34.5 Å². The maximum absolute atomic E-state index is 12.8. The smallest absolute Gasteiger partial charge is 0.261 e. The number of nitrogens with zero attached hydrogens (tertiary/aromatic N) is 2. The minimum absolute atomic E-state index is 0.117. The van der Waals surface area contributed by atoms with E-state index in [1.54, 1.807) is 18.2 Å². The molecule has 3 amide bonds. The van der Waals surface area contributed by atoms with Gasteiger partial charge >= 0.3 is 0 Å². The van der Waals surface area contributed by atoms with E-state index in [4.69, 9.17) is 0 Å². The normalized spacial score (nSPS) is 17.1. The standard InChI is InChI=1S/C25H29N3O3/c1-2-3-13-28-24(30)21-10-9-19(16-22(21)25(28)31)23(29)26-20-11-14-27(15-12-20)17-18-7-5-4-6-8-18/h4-10,16,20H,2-3,11-15,17H2,1H3,(H,26,29). The van der Waals surface area contributed by atoms with Crippen LogP contribution in [0.4, 0.5) is 0 Å². The molecule has 1 fully saturated rings. The van der Waals surface area contributed by atoms with Gasteiger partial charge in [0.25, 0.3) is 17.7 Å². The zero-order valence-corrected chi connectivity index (χ0v) is 18.0. The molecule has 0 unspecified atom stereocenters. The van der Waals surface area contributed by atoms with Crippen LogP contribution in [0, 0.1) is 0 Å². The highest BCUT2D eigenvalue weighted by Crippen LogP contribution is 2.25. The second-order valence-electron chi connectivity index (χ2n) is 8.39. The number of hydrogen-bond acceptors (Lipinski definition) is 4. The summed E-state index contributed by atoms with van der Waals surface area (Å²) >= 11 is 0. The largest absolute Gasteiger partial charge is 0.349 e. The van der Waals surface area contributed by atoms with E-state index in [0.29, 0.717) is 23.2 Å². The number of piperidine rings is 1. The summed E-state index contributed by atoms with van der Waals surface area (Å²) in [5.74, 6) is -0.736. The molecule has 31 heavy (non-hydrogen) atoms. The third kappa shape index (κ3) is 4.69. The van der Waals surface area contributed by atoms with Crippen LogP contribution in [-0.4, -0.2) is 53.2 Å². The summed E-state index contributed by atoms with van der Waals surface area (Å²) in [6, 6.07) is 15.4. The lowest BCUT2D eigenvalue weighted by Crippen LogP contribution is -2.44. The van der Waals surface area contributed by atoms with Crippen LogP contribution < -0.4 is 5.32 Å². The molecule has 2 aromatic rings. The summed E-state index contributed by atoms with van der Waals surface area (Å²) in [5.41, 5.74) is 2.47. The number of fused-ring (bicyclic) bond motifs is 1. The minimum atomic E-state index is -0.294. The number of amides is 3. The minimum Gasteiger partial charge on any atom is -0.349 e. The molecular weight excluding hydrogens is 390 g/mol. The highest BCUT2D eigenvalue weighted by molar-refractivity contribution is 6.22. The summed E-state index contributed by atoms with van der Waals surface area (Å²) in [5, 5.41) is 3.11. The van der Waals surface area contributed by atoms with Crippen molar-refractivity contribution in [1.82, 2.24) is 15.1 Å². The van der Waals surface area contributed by atoms with Gasteiger partial charge in [-0.15, -0.1) is 0 Å². The van der Waals surface area contributed by atoms with Crippen molar-refractivity contribution in [3.8, 4) is 0 Å². The number of carbonyl (C=O) groups excluding carboxylic acids is 3. The fraction of sp³-hybridized carbons (Fsp3) is 0.400. The first-order valence-corrected chi connectivity index (χ1v) is 11.1. The monoisotopic (exact) mass is 419 g/mol. The third-order valence-electron chi connectivity index (χ3n) is 6.14. The topological polar surface area (TPSA) is 69.7 Å². The van der Waals surface area contributed by atoms with Crippen LogP contribution in [0.2, 0.25) is 0 Å². The zero-order chi connectivity index (χ0) is 21.8. The van der Waals surface area contributed by atoms with Crippen molar-refractivity contribution >= 4 is 17.7 Å². The molecule has 0 atom stereocenters. The Bertz CT molecular complexity index is 965. The van der Waals surface area contributed by atoms with Crippen LogP contribution in [0.25, 0.3) is 0 Å². The molecule has 0 radical (unpaired) electrons. The van der Waals surface area contributed by atoms with Gasteiger partial charge in [-0.1, -0.05) is 43.7 Å². The predicted octanol–water partition coefficient (Wildman–Crippen LogP) is 3.48. The lowest BCUT2D eigenvalue weighted by molar-refractivity contribution is 0.0652. The van der Waals surface area contributed by atoms with Crippen molar-refractivity contribution in [3.63, 3.8) is 0 Å². The summed E-state index contributed by atoms with van der Waals surface area (Å²) in [4.78, 5) is 41.6.